The molecule has 3 aliphatic rings. The van der Waals surface area contributed by atoms with Crippen molar-refractivity contribution in [2.24, 2.45) is 0 Å². The fourth-order valence-electron chi connectivity index (χ4n) is 3.33. The first-order chi connectivity index (χ1) is 14.7. The highest BCUT2D eigenvalue weighted by Gasteiger charge is 2.35. The van der Waals surface area contributed by atoms with E-state index in [2.05, 4.69) is 42.5 Å². The summed E-state index contributed by atoms with van der Waals surface area (Å²) in [5.41, 5.74) is 0. The van der Waals surface area contributed by atoms with E-state index in [4.69, 9.17) is 13.6 Å². The summed E-state index contributed by atoms with van der Waals surface area (Å²) in [4.78, 5) is 0. The zero-order valence-corrected chi connectivity index (χ0v) is 17.5. The third-order valence-corrected chi connectivity index (χ3v) is 6.22. The van der Waals surface area contributed by atoms with Crippen LogP contribution in [0.5, 0.6) is 11.5 Å². The first-order valence-corrected chi connectivity index (χ1v) is 11.6. The minimum Gasteiger partial charge on any atom is -0.395 e. The van der Waals surface area contributed by atoms with Gasteiger partial charge in [-0.1, -0.05) is 48.5 Å². The van der Waals surface area contributed by atoms with Gasteiger partial charge in [0.2, 0.25) is 0 Å². The third-order valence-electron chi connectivity index (χ3n) is 4.88. The van der Waals surface area contributed by atoms with Crippen molar-refractivity contribution in [2.75, 3.05) is 6.61 Å². The Bertz CT molecular complexity index is 765. The van der Waals surface area contributed by atoms with Gasteiger partial charge in [0, 0.05) is 55.1 Å². The number of benzene rings is 2. The maximum absolute atomic E-state index is 13.0. The van der Waals surface area contributed by atoms with Crippen molar-refractivity contribution >= 4 is 77.3 Å². The van der Waals surface area contributed by atoms with E-state index in [0.717, 1.165) is 6.32 Å². The molecule has 30 heavy (non-hydrogen) atoms. The van der Waals surface area contributed by atoms with Crippen molar-refractivity contribution in [2.45, 2.75) is 12.1 Å². The quantitative estimate of drug-likeness (QED) is 0.511. The van der Waals surface area contributed by atoms with Crippen molar-refractivity contribution in [3.05, 3.63) is 60.7 Å². The monoisotopic (exact) mass is 400 g/mol. The molecule has 0 spiro atoms. The Morgan fingerprint density at radius 1 is 0.867 bits per heavy atom. The Kier molecular flexibility index (Phi) is 8.07. The van der Waals surface area contributed by atoms with Gasteiger partial charge in [0.25, 0.3) is 0 Å². The summed E-state index contributed by atoms with van der Waals surface area (Å²) >= 11 is 0. The van der Waals surface area contributed by atoms with Crippen molar-refractivity contribution in [1.82, 2.24) is 0 Å². The molecular weight excluding hydrogens is 383 g/mol. The van der Waals surface area contributed by atoms with Crippen LogP contribution in [0, 0.1) is 0 Å². The molecule has 2 aromatic carbocycles. The molecule has 8 radical (unpaired) electrons. The Morgan fingerprint density at radius 3 is 1.80 bits per heavy atom. The number of hydrogen-bond donors (Lipinski definition) is 0. The second-order valence-corrected chi connectivity index (χ2v) is 8.80. The zero-order chi connectivity index (χ0) is 20.7. The summed E-state index contributed by atoms with van der Waals surface area (Å²) in [5, 5.41) is 0. The molecule has 15 heteroatoms. The molecule has 3 saturated heterocycles. The number of phosphoric acid groups is 1. The summed E-state index contributed by atoms with van der Waals surface area (Å²) < 4.78 is 29.7. The minimum atomic E-state index is -3.76. The molecule has 2 aromatic rings. The van der Waals surface area contributed by atoms with E-state index in [1.807, 2.05) is 26.4 Å². The van der Waals surface area contributed by atoms with E-state index < -0.39 is 7.82 Å². The van der Waals surface area contributed by atoms with Crippen molar-refractivity contribution in [3.63, 3.8) is 0 Å². The molecule has 1 atom stereocenters. The maximum atomic E-state index is 13.0. The summed E-state index contributed by atoms with van der Waals surface area (Å²) in [6.07, 6.45) is 2.24. The molecule has 2 bridgehead atoms. The molecule has 134 valence electrons. The van der Waals surface area contributed by atoms with Gasteiger partial charge in [-0.3, -0.25) is 4.52 Å². The lowest BCUT2D eigenvalue weighted by Crippen LogP contribution is -2.38. The molecule has 0 amide bonds. The number of phosphoric ester groups is 1. The lowest BCUT2D eigenvalue weighted by Gasteiger charge is -2.20. The fraction of sp³-hybridized carbons (Fsp3) is 0.200. The summed E-state index contributed by atoms with van der Waals surface area (Å²) in [5.74, 6) is 1.09. The van der Waals surface area contributed by atoms with Crippen LogP contribution in [0.1, 0.15) is 0 Å². The van der Waals surface area contributed by atoms with E-state index in [0.29, 0.717) is 24.3 Å². The number of hydrogen-bond acceptors (Lipinski definition) is 4. The first-order valence-electron chi connectivity index (χ1n) is 10.1. The SMILES string of the molecule is O=P(OCC1[B][B][B]C1)(Oc1ccccc1)Oc1ccccc1.[B]1[B]B2[B][B]B1[B]2. The fourth-order valence-corrected chi connectivity index (χ4v) is 4.60. The van der Waals surface area contributed by atoms with Crippen LogP contribution < -0.4 is 9.05 Å². The summed E-state index contributed by atoms with van der Waals surface area (Å²) in [7, 11) is 13.6. The maximum Gasteiger partial charge on any atom is 0.587 e. The van der Waals surface area contributed by atoms with Crippen LogP contribution in [0.15, 0.2) is 60.7 Å². The second-order valence-electron chi connectivity index (χ2n) is 7.28. The van der Waals surface area contributed by atoms with E-state index in [1.54, 1.807) is 48.5 Å². The predicted octanol–water partition coefficient (Wildman–Crippen LogP) is 0.766. The Balaban J connectivity index is 0.000000259. The first kappa shape index (κ1) is 22.1. The van der Waals surface area contributed by atoms with E-state index >= 15 is 0 Å². The molecule has 5 rings (SSSR count). The molecule has 3 aliphatic heterocycles. The number of fused-ring (bicyclic) bond motifs is 2. The molecule has 0 aliphatic carbocycles. The normalized spacial score (nSPS) is 17.9. The average Bonchev–Trinajstić information content (AvgIpc) is 3.54. The molecule has 0 N–H and O–H groups in total. The highest BCUT2D eigenvalue weighted by Crippen LogP contribution is 2.50. The number of para-hydroxylation sites is 2. The van der Waals surface area contributed by atoms with Gasteiger partial charge >= 0.3 is 7.82 Å². The smallest absolute Gasteiger partial charge is 0.395 e. The summed E-state index contributed by atoms with van der Waals surface area (Å²) in [6.45, 7) is 0.282. The highest BCUT2D eigenvalue weighted by atomic mass is 31.2. The van der Waals surface area contributed by atoms with Gasteiger partial charge in [0.1, 0.15) is 11.5 Å². The van der Waals surface area contributed by atoms with Gasteiger partial charge in [-0.05, 0) is 24.3 Å². The van der Waals surface area contributed by atoms with Crippen LogP contribution in [0.25, 0.3) is 0 Å². The van der Waals surface area contributed by atoms with E-state index in [1.165, 1.54) is 0 Å². The lowest BCUT2D eigenvalue weighted by atomic mass is 8.81. The van der Waals surface area contributed by atoms with Gasteiger partial charge < -0.3 is 9.05 Å². The summed E-state index contributed by atoms with van der Waals surface area (Å²) in [6, 6.07) is 17.8. The minimum absolute atomic E-state index is 0.196. The number of rotatable bonds is 7. The molecule has 0 aromatic heterocycles. The average molecular weight is 398 g/mol. The molecule has 4 nitrogen and oxygen atoms in total. The van der Waals surface area contributed by atoms with Crippen LogP contribution >= 0.6 is 7.82 Å². The van der Waals surface area contributed by atoms with Crippen molar-refractivity contribution in [3.8, 4) is 11.5 Å². The van der Waals surface area contributed by atoms with E-state index in [-0.39, 0.29) is 12.4 Å². The molecule has 1 unspecified atom stereocenters. The van der Waals surface area contributed by atoms with Gasteiger partial charge in [0.05, 0.1) is 20.9 Å². The van der Waals surface area contributed by atoms with Crippen LogP contribution in [0.4, 0.5) is 0 Å². The van der Waals surface area contributed by atoms with E-state index in [9.17, 15) is 4.57 Å². The van der Waals surface area contributed by atoms with Gasteiger partial charge in [0.15, 0.2) is 0 Å². The van der Waals surface area contributed by atoms with Gasteiger partial charge in [-0.25, -0.2) is 4.57 Å². The van der Waals surface area contributed by atoms with Crippen LogP contribution in [-0.2, 0) is 9.09 Å². The highest BCUT2D eigenvalue weighted by molar-refractivity contribution is 8.10. The van der Waals surface area contributed by atoms with Crippen molar-refractivity contribution in [1.29, 1.82) is 0 Å². The van der Waals surface area contributed by atoms with Crippen LogP contribution in [0.3, 0.4) is 0 Å². The van der Waals surface area contributed by atoms with Crippen LogP contribution in [0.2, 0.25) is 12.1 Å². The molecule has 0 saturated carbocycles. The standard InChI is InChI=1S/C15H15B3O4P.B7/c19-23(20-12-13-11-16-18-17-13,21-14-7-3-1-4-8-14)22-15-9-5-2-6-10-15;1-2-7-4-3-6(1)5-7/h1-10,13H,11-12H2;. The molecule has 3 fully saturated rings. The Morgan fingerprint density at radius 2 is 1.40 bits per heavy atom. The van der Waals surface area contributed by atoms with Gasteiger partial charge in [-0.15, -0.1) is 0 Å². The Hall–Kier alpha value is -1.12. The lowest BCUT2D eigenvalue weighted by molar-refractivity contribution is 0.210. The molecule has 3 heterocycles. The largest absolute Gasteiger partial charge is 0.587 e. The zero-order valence-electron chi connectivity index (χ0n) is 16.6. The molecular formula is C15H15B10O4P. The second kappa shape index (κ2) is 11.0. The predicted molar refractivity (Wildman–Crippen MR) is 134 cm³/mol. The van der Waals surface area contributed by atoms with Crippen molar-refractivity contribution < 1.29 is 18.1 Å². The third kappa shape index (κ3) is 6.69. The van der Waals surface area contributed by atoms with Gasteiger partial charge in [-0.2, -0.15) is 0 Å². The topological polar surface area (TPSA) is 44.8 Å². The Labute approximate surface area is 186 Å². The van der Waals surface area contributed by atoms with Crippen LogP contribution in [-0.4, -0.2) is 76.1 Å².